The molecule has 9 heavy (non-hydrogen) atoms. The minimum atomic E-state index is -3.41. The largest absolute Gasteiger partial charge is 0.458 e. The van der Waals surface area contributed by atoms with Gasteiger partial charge in [-0.15, -0.1) is 0 Å². The molecule has 54 valence electrons. The fraction of sp³-hybridized carbons (Fsp3) is 0.750. The molecule has 0 aromatic carbocycles. The van der Waals surface area contributed by atoms with Crippen LogP contribution in [0.1, 0.15) is 6.92 Å². The summed E-state index contributed by atoms with van der Waals surface area (Å²) in [5.74, 6) is -0.764. The number of carbonyl (C=O) groups is 1. The van der Waals surface area contributed by atoms with Gasteiger partial charge in [-0.2, -0.15) is 8.78 Å². The lowest BCUT2D eigenvalue weighted by Crippen LogP contribution is -2.34. The number of alkyl halides is 2. The summed E-state index contributed by atoms with van der Waals surface area (Å²) in [6.07, 6.45) is 0. The van der Waals surface area contributed by atoms with Gasteiger partial charge >= 0.3 is 12.0 Å². The second-order valence-corrected chi connectivity index (χ2v) is 1.54. The highest BCUT2D eigenvalue weighted by Crippen LogP contribution is 2.03. The summed E-state index contributed by atoms with van der Waals surface area (Å²) in [5, 5.41) is 0. The molecule has 0 bridgehead atoms. The van der Waals surface area contributed by atoms with E-state index in [1.165, 1.54) is 0 Å². The van der Waals surface area contributed by atoms with Crippen molar-refractivity contribution >= 4 is 5.97 Å². The SMILES string of the molecule is CC(=O)OCC(N)(F)F. The molecule has 0 heterocycles. The number of rotatable bonds is 2. The average molecular weight is 139 g/mol. The Morgan fingerprint density at radius 3 is 2.33 bits per heavy atom. The molecule has 0 unspecified atom stereocenters. The van der Waals surface area contributed by atoms with Crippen molar-refractivity contribution < 1.29 is 18.3 Å². The van der Waals surface area contributed by atoms with Crippen LogP contribution in [0.15, 0.2) is 0 Å². The zero-order valence-corrected chi connectivity index (χ0v) is 4.86. The molecule has 2 N–H and O–H groups in total. The molecular weight excluding hydrogens is 132 g/mol. The van der Waals surface area contributed by atoms with Crippen molar-refractivity contribution in [1.82, 2.24) is 0 Å². The van der Waals surface area contributed by atoms with E-state index in [-0.39, 0.29) is 0 Å². The van der Waals surface area contributed by atoms with E-state index in [0.717, 1.165) is 6.92 Å². The quantitative estimate of drug-likeness (QED) is 0.436. The minimum Gasteiger partial charge on any atom is -0.458 e. The number of ether oxygens (including phenoxy) is 1. The molecule has 0 aliphatic rings. The van der Waals surface area contributed by atoms with Gasteiger partial charge in [-0.25, -0.2) is 0 Å². The second-order valence-electron chi connectivity index (χ2n) is 1.54. The zero-order valence-electron chi connectivity index (χ0n) is 4.86. The molecule has 0 aliphatic heterocycles. The Balaban J connectivity index is 3.39. The number of hydrogen-bond acceptors (Lipinski definition) is 3. The number of carbonyl (C=O) groups excluding carboxylic acids is 1. The summed E-state index contributed by atoms with van der Waals surface area (Å²) in [5.41, 5.74) is 4.17. The van der Waals surface area contributed by atoms with E-state index in [9.17, 15) is 13.6 Å². The smallest absolute Gasteiger partial charge is 0.333 e. The van der Waals surface area contributed by atoms with Gasteiger partial charge in [0.05, 0.1) is 0 Å². The summed E-state index contributed by atoms with van der Waals surface area (Å²) in [7, 11) is 0. The van der Waals surface area contributed by atoms with Gasteiger partial charge in [-0.3, -0.25) is 10.5 Å². The van der Waals surface area contributed by atoms with Gasteiger partial charge in [0.2, 0.25) is 0 Å². The van der Waals surface area contributed by atoms with Crippen LogP contribution in [0.2, 0.25) is 0 Å². The molecule has 0 amide bonds. The molecule has 0 aromatic rings. The summed E-state index contributed by atoms with van der Waals surface area (Å²) in [6.45, 7) is -0.0198. The van der Waals surface area contributed by atoms with Crippen molar-refractivity contribution in [2.75, 3.05) is 6.61 Å². The highest BCUT2D eigenvalue weighted by atomic mass is 19.3. The van der Waals surface area contributed by atoms with E-state index in [1.807, 2.05) is 0 Å². The van der Waals surface area contributed by atoms with Crippen molar-refractivity contribution in [1.29, 1.82) is 0 Å². The number of esters is 1. The van der Waals surface area contributed by atoms with Crippen LogP contribution in [0.5, 0.6) is 0 Å². The standard InChI is InChI=1S/C4H7F2NO2/c1-3(8)9-2-4(5,6)7/h2,7H2,1H3. The van der Waals surface area contributed by atoms with E-state index in [4.69, 9.17) is 0 Å². The Morgan fingerprint density at radius 1 is 1.78 bits per heavy atom. The van der Waals surface area contributed by atoms with E-state index in [1.54, 1.807) is 0 Å². The van der Waals surface area contributed by atoms with Crippen molar-refractivity contribution in [3.05, 3.63) is 0 Å². The molecule has 0 fully saturated rings. The third kappa shape index (κ3) is 7.29. The summed E-state index contributed by atoms with van der Waals surface area (Å²) in [6, 6.07) is -3.41. The maximum Gasteiger partial charge on any atom is 0.333 e. The molecule has 0 spiro atoms. The van der Waals surface area contributed by atoms with Crippen LogP contribution in [0.3, 0.4) is 0 Å². The van der Waals surface area contributed by atoms with Crippen LogP contribution in [-0.4, -0.2) is 18.6 Å². The first kappa shape index (κ1) is 8.29. The first-order valence-corrected chi connectivity index (χ1v) is 2.22. The van der Waals surface area contributed by atoms with Crippen molar-refractivity contribution in [3.63, 3.8) is 0 Å². The van der Waals surface area contributed by atoms with Gasteiger partial charge in [0.25, 0.3) is 0 Å². The monoisotopic (exact) mass is 139 g/mol. The number of halogens is 2. The minimum absolute atomic E-state index is 0.764. The molecule has 5 heteroatoms. The topological polar surface area (TPSA) is 52.3 Å². The van der Waals surface area contributed by atoms with E-state index in [2.05, 4.69) is 10.5 Å². The van der Waals surface area contributed by atoms with E-state index in [0.29, 0.717) is 0 Å². The molecule has 0 rings (SSSR count). The Labute approximate surface area is 50.8 Å². The summed E-state index contributed by atoms with van der Waals surface area (Å²) < 4.78 is 27.1. The van der Waals surface area contributed by atoms with E-state index >= 15 is 0 Å². The molecular formula is C4H7F2NO2. The lowest BCUT2D eigenvalue weighted by atomic mass is 10.6. The first-order valence-electron chi connectivity index (χ1n) is 2.22. The van der Waals surface area contributed by atoms with Gasteiger partial charge in [0.15, 0.2) is 6.61 Å². The Morgan fingerprint density at radius 2 is 2.22 bits per heavy atom. The fourth-order valence-electron chi connectivity index (χ4n) is 0.198. The highest BCUT2D eigenvalue weighted by molar-refractivity contribution is 5.65. The second kappa shape index (κ2) is 2.72. The Hall–Kier alpha value is -0.710. The fourth-order valence-corrected chi connectivity index (χ4v) is 0.198. The van der Waals surface area contributed by atoms with Crippen LogP contribution < -0.4 is 5.73 Å². The number of hydrogen-bond donors (Lipinski definition) is 1. The van der Waals surface area contributed by atoms with Crippen molar-refractivity contribution in [2.45, 2.75) is 13.0 Å². The third-order valence-electron chi connectivity index (χ3n) is 0.468. The normalized spacial score (nSPS) is 11.1. The maximum atomic E-state index is 11.6. The molecule has 0 saturated heterocycles. The van der Waals surface area contributed by atoms with Gasteiger partial charge in [0, 0.05) is 6.92 Å². The van der Waals surface area contributed by atoms with Gasteiger partial charge < -0.3 is 4.74 Å². The molecule has 3 nitrogen and oxygen atoms in total. The Bertz CT molecular complexity index is 110. The van der Waals surface area contributed by atoms with Crippen molar-refractivity contribution in [2.24, 2.45) is 5.73 Å². The van der Waals surface area contributed by atoms with Gasteiger partial charge in [0.1, 0.15) is 0 Å². The van der Waals surface area contributed by atoms with Crippen LogP contribution >= 0.6 is 0 Å². The van der Waals surface area contributed by atoms with Gasteiger partial charge in [-0.1, -0.05) is 0 Å². The molecule has 0 aromatic heterocycles. The molecule has 0 radical (unpaired) electrons. The molecule has 0 saturated carbocycles. The lowest BCUT2D eigenvalue weighted by molar-refractivity contribution is -0.152. The van der Waals surface area contributed by atoms with Crippen LogP contribution in [0, 0.1) is 0 Å². The zero-order chi connectivity index (χ0) is 7.49. The predicted octanol–water partition coefficient (Wildman–Crippen LogP) is 0.101. The lowest BCUT2D eigenvalue weighted by Gasteiger charge is -2.08. The highest BCUT2D eigenvalue weighted by Gasteiger charge is 2.23. The van der Waals surface area contributed by atoms with Crippen molar-refractivity contribution in [3.8, 4) is 0 Å². The van der Waals surface area contributed by atoms with Crippen LogP contribution in [-0.2, 0) is 9.53 Å². The third-order valence-corrected chi connectivity index (χ3v) is 0.468. The average Bonchev–Trinajstić information content (AvgIpc) is 1.59. The van der Waals surface area contributed by atoms with Crippen LogP contribution in [0.25, 0.3) is 0 Å². The maximum absolute atomic E-state index is 11.6. The van der Waals surface area contributed by atoms with Gasteiger partial charge in [-0.05, 0) is 0 Å². The molecule has 0 aliphatic carbocycles. The van der Waals surface area contributed by atoms with Crippen LogP contribution in [0.4, 0.5) is 8.78 Å². The molecule has 0 atom stereocenters. The first-order chi connectivity index (χ1) is 3.92. The summed E-state index contributed by atoms with van der Waals surface area (Å²) >= 11 is 0. The van der Waals surface area contributed by atoms with E-state index < -0.39 is 18.6 Å². The Kier molecular flexibility index (Phi) is 2.51. The summed E-state index contributed by atoms with van der Waals surface area (Å²) in [4.78, 5) is 9.88. The number of nitrogens with two attached hydrogens (primary N) is 1. The predicted molar refractivity (Wildman–Crippen MR) is 25.8 cm³/mol.